The lowest BCUT2D eigenvalue weighted by molar-refractivity contribution is -0.270. The fraction of sp³-hybridized carbons (Fsp3) is 0.963. The number of carbonyl (C=O) groups excluding carboxylic acids is 1. The average molecular weight is 520 g/mol. The molecule has 0 aromatic heterocycles. The molecular weight excluding hydrogens is 466 g/mol. The Morgan fingerprint density at radius 2 is 1.33 bits per heavy atom. The predicted molar refractivity (Wildman–Crippen MR) is 138 cm³/mol. The predicted octanol–water partition coefficient (Wildman–Crippen LogP) is 2.93. The van der Waals surface area contributed by atoms with Crippen LogP contribution in [0.25, 0.3) is 0 Å². The monoisotopic (exact) mass is 519 g/mol. The summed E-state index contributed by atoms with van der Waals surface area (Å²) in [6.45, 7) is 1.30. The summed E-state index contributed by atoms with van der Waals surface area (Å²) in [6.07, 6.45) is 13.4. The number of rotatable bonds is 22. The lowest BCUT2D eigenvalue weighted by Gasteiger charge is -2.40. The number of nitrogens with two attached hydrogens (primary N) is 1. The summed E-state index contributed by atoms with van der Waals surface area (Å²) < 4.78 is 15.8. The van der Waals surface area contributed by atoms with Gasteiger partial charge in [-0.2, -0.15) is 0 Å². The van der Waals surface area contributed by atoms with E-state index >= 15 is 0 Å². The van der Waals surface area contributed by atoms with Gasteiger partial charge in [-0.1, -0.05) is 96.8 Å². The van der Waals surface area contributed by atoms with E-state index in [9.17, 15) is 25.2 Å². The number of hydrogen-bond donors (Lipinski definition) is 5. The highest BCUT2D eigenvalue weighted by molar-refractivity contribution is 5.69. The third-order valence-electron chi connectivity index (χ3n) is 6.80. The number of aliphatic hydroxyl groups excluding tert-OH is 4. The first-order valence-electron chi connectivity index (χ1n) is 14.2. The van der Waals surface area contributed by atoms with Gasteiger partial charge in [0.1, 0.15) is 31.0 Å². The summed E-state index contributed by atoms with van der Waals surface area (Å²) in [7, 11) is 0. The Morgan fingerprint density at radius 3 is 1.83 bits per heavy atom. The van der Waals surface area contributed by atoms with Crippen LogP contribution in [0.1, 0.15) is 110 Å². The molecule has 1 fully saturated rings. The van der Waals surface area contributed by atoms with E-state index in [1.54, 1.807) is 0 Å². The molecule has 1 aliphatic rings. The number of carbonyl (C=O) groups is 1. The second-order valence-electron chi connectivity index (χ2n) is 10.2. The van der Waals surface area contributed by atoms with Gasteiger partial charge in [0.2, 0.25) is 0 Å². The minimum atomic E-state index is -1.33. The topological polar surface area (TPSA) is 152 Å². The zero-order valence-corrected chi connectivity index (χ0v) is 22.4. The van der Waals surface area contributed by atoms with Gasteiger partial charge in [-0.15, -0.1) is 0 Å². The highest BCUT2D eigenvalue weighted by atomic mass is 16.7. The van der Waals surface area contributed by atoms with Crippen molar-refractivity contribution in [1.29, 1.82) is 0 Å². The Morgan fingerprint density at radius 1 is 0.833 bits per heavy atom. The van der Waals surface area contributed by atoms with Crippen LogP contribution in [-0.4, -0.2) is 83.0 Å². The first-order valence-corrected chi connectivity index (χ1v) is 14.2. The van der Waals surface area contributed by atoms with Crippen LogP contribution in [0.3, 0.4) is 0 Å². The summed E-state index contributed by atoms with van der Waals surface area (Å²) in [6, 6.07) is -1.04. The van der Waals surface area contributed by atoms with Crippen LogP contribution >= 0.6 is 0 Å². The van der Waals surface area contributed by atoms with E-state index in [4.69, 9.17) is 19.9 Å². The largest absolute Gasteiger partial charge is 0.463 e. The molecule has 0 saturated carbocycles. The zero-order chi connectivity index (χ0) is 26.6. The Balaban J connectivity index is 1.94. The van der Waals surface area contributed by atoms with E-state index < -0.39 is 43.4 Å². The van der Waals surface area contributed by atoms with Crippen molar-refractivity contribution in [2.45, 2.75) is 146 Å². The highest BCUT2D eigenvalue weighted by Crippen LogP contribution is 2.21. The second kappa shape index (κ2) is 21.2. The van der Waals surface area contributed by atoms with Crippen LogP contribution in [-0.2, 0) is 19.0 Å². The Labute approximate surface area is 217 Å². The molecular formula is C27H53NO8. The van der Waals surface area contributed by atoms with Gasteiger partial charge in [-0.25, -0.2) is 0 Å². The standard InChI is InChI=1S/C27H53NO8/c1-2-3-4-5-6-7-8-9-10-11-12-13-14-15-16-17-23(31)34-19-21(30)20-35-27-24(28)26(33)25(32)22(18-29)36-27/h21-22,24-27,29-30,32-33H,2-20,28H2,1H3/t21?,22-,24-,25-,26-,27?/m1/s1. The maximum Gasteiger partial charge on any atom is 0.305 e. The Bertz CT molecular complexity index is 536. The molecule has 6 atom stereocenters. The highest BCUT2D eigenvalue weighted by Gasteiger charge is 2.43. The van der Waals surface area contributed by atoms with Crippen LogP contribution in [0, 0.1) is 0 Å². The van der Waals surface area contributed by atoms with E-state index in [0.717, 1.165) is 19.3 Å². The number of unbranched alkanes of at least 4 members (excludes halogenated alkanes) is 14. The van der Waals surface area contributed by atoms with Crippen molar-refractivity contribution in [3.63, 3.8) is 0 Å². The number of esters is 1. The van der Waals surface area contributed by atoms with Crippen molar-refractivity contribution in [2.75, 3.05) is 19.8 Å². The fourth-order valence-corrected chi connectivity index (χ4v) is 4.41. The second-order valence-corrected chi connectivity index (χ2v) is 10.2. The van der Waals surface area contributed by atoms with Crippen LogP contribution in [0.15, 0.2) is 0 Å². The molecule has 1 saturated heterocycles. The quantitative estimate of drug-likeness (QED) is 0.107. The van der Waals surface area contributed by atoms with Crippen LogP contribution < -0.4 is 5.73 Å². The Hall–Kier alpha value is -0.810. The SMILES string of the molecule is CCCCCCCCCCCCCCCCCC(=O)OCC(O)COC1O[C@H](CO)[C@@H](O)[C@H](O)[C@H]1N. The molecule has 2 unspecified atom stereocenters. The molecule has 0 spiro atoms. The van der Waals surface area contributed by atoms with Gasteiger partial charge in [-0.05, 0) is 6.42 Å². The van der Waals surface area contributed by atoms with Gasteiger partial charge in [0.05, 0.1) is 19.3 Å². The maximum absolute atomic E-state index is 11.9. The third-order valence-corrected chi connectivity index (χ3v) is 6.80. The van der Waals surface area contributed by atoms with Crippen molar-refractivity contribution in [2.24, 2.45) is 5.73 Å². The van der Waals surface area contributed by atoms with Gasteiger partial charge < -0.3 is 40.4 Å². The van der Waals surface area contributed by atoms with Crippen molar-refractivity contribution in [1.82, 2.24) is 0 Å². The number of ether oxygens (including phenoxy) is 3. The third kappa shape index (κ3) is 14.8. The van der Waals surface area contributed by atoms with Crippen molar-refractivity contribution in [3.8, 4) is 0 Å². The van der Waals surface area contributed by atoms with Crippen LogP contribution in [0.5, 0.6) is 0 Å². The molecule has 9 nitrogen and oxygen atoms in total. The molecule has 0 amide bonds. The lowest BCUT2D eigenvalue weighted by atomic mass is 9.98. The van der Waals surface area contributed by atoms with Crippen molar-refractivity contribution >= 4 is 5.97 Å². The normalized spacial score (nSPS) is 25.1. The molecule has 1 heterocycles. The van der Waals surface area contributed by atoms with E-state index in [0.29, 0.717) is 6.42 Å². The van der Waals surface area contributed by atoms with Gasteiger partial charge >= 0.3 is 5.97 Å². The Kier molecular flexibility index (Phi) is 19.5. The van der Waals surface area contributed by atoms with Crippen LogP contribution in [0.4, 0.5) is 0 Å². The summed E-state index contributed by atoms with van der Waals surface area (Å²) in [5.41, 5.74) is 5.78. The summed E-state index contributed by atoms with van der Waals surface area (Å²) in [4.78, 5) is 11.9. The summed E-state index contributed by atoms with van der Waals surface area (Å²) in [5.74, 6) is -0.353. The van der Waals surface area contributed by atoms with Crippen molar-refractivity contribution in [3.05, 3.63) is 0 Å². The zero-order valence-electron chi connectivity index (χ0n) is 22.4. The van der Waals surface area contributed by atoms with Crippen molar-refractivity contribution < 1.29 is 39.4 Å². The average Bonchev–Trinajstić information content (AvgIpc) is 2.88. The van der Waals surface area contributed by atoms with Gasteiger partial charge in [0.15, 0.2) is 6.29 Å². The first kappa shape index (κ1) is 33.2. The van der Waals surface area contributed by atoms with Gasteiger partial charge in [0.25, 0.3) is 0 Å². The minimum absolute atomic E-state index is 0.214. The molecule has 0 radical (unpaired) electrons. The summed E-state index contributed by atoms with van der Waals surface area (Å²) >= 11 is 0. The molecule has 0 aliphatic carbocycles. The fourth-order valence-electron chi connectivity index (χ4n) is 4.41. The maximum atomic E-state index is 11.9. The molecule has 0 aromatic rings. The number of aliphatic hydroxyl groups is 4. The smallest absolute Gasteiger partial charge is 0.305 e. The summed E-state index contributed by atoms with van der Waals surface area (Å²) in [5, 5.41) is 38.9. The molecule has 1 aliphatic heterocycles. The lowest BCUT2D eigenvalue weighted by Crippen LogP contribution is -2.62. The van der Waals surface area contributed by atoms with Gasteiger partial charge in [0, 0.05) is 6.42 Å². The minimum Gasteiger partial charge on any atom is -0.463 e. The molecule has 36 heavy (non-hydrogen) atoms. The molecule has 0 bridgehead atoms. The van der Waals surface area contributed by atoms with Crippen LogP contribution in [0.2, 0.25) is 0 Å². The van der Waals surface area contributed by atoms with E-state index in [2.05, 4.69) is 6.92 Å². The molecule has 214 valence electrons. The molecule has 0 aromatic carbocycles. The van der Waals surface area contributed by atoms with Gasteiger partial charge in [-0.3, -0.25) is 4.79 Å². The molecule has 6 N–H and O–H groups in total. The molecule has 1 rings (SSSR count). The van der Waals surface area contributed by atoms with E-state index in [-0.39, 0.29) is 19.2 Å². The molecule has 9 heteroatoms. The van der Waals surface area contributed by atoms with E-state index in [1.165, 1.54) is 77.0 Å². The number of hydrogen-bond acceptors (Lipinski definition) is 9. The van der Waals surface area contributed by atoms with E-state index in [1.807, 2.05) is 0 Å². The first-order chi connectivity index (χ1) is 17.4.